The molecule has 0 heterocycles. The topological polar surface area (TPSA) is 29.5 Å². The number of aliphatic hydroxyl groups is 1. The SMILES string of the molecule is OC(CCC1CCCC1)c1ccc(OCc2ccccc2)cc1. The normalized spacial score (nSPS) is 16.4. The summed E-state index contributed by atoms with van der Waals surface area (Å²) in [5, 5.41) is 10.3. The van der Waals surface area contributed by atoms with Crippen LogP contribution in [0.2, 0.25) is 0 Å². The van der Waals surface area contributed by atoms with Crippen LogP contribution in [0.15, 0.2) is 54.6 Å². The van der Waals surface area contributed by atoms with E-state index in [4.69, 9.17) is 4.74 Å². The molecule has 3 rings (SSSR count). The first-order chi connectivity index (χ1) is 11.3. The van der Waals surface area contributed by atoms with Crippen LogP contribution in [0.25, 0.3) is 0 Å². The van der Waals surface area contributed by atoms with Crippen LogP contribution >= 0.6 is 0 Å². The molecule has 1 atom stereocenters. The Hall–Kier alpha value is -1.80. The van der Waals surface area contributed by atoms with E-state index in [1.54, 1.807) is 0 Å². The molecule has 0 aliphatic heterocycles. The summed E-state index contributed by atoms with van der Waals surface area (Å²) in [6, 6.07) is 18.0. The first-order valence-electron chi connectivity index (χ1n) is 8.76. The molecule has 2 heteroatoms. The molecular formula is C21H26O2. The highest BCUT2D eigenvalue weighted by molar-refractivity contribution is 5.29. The average Bonchev–Trinajstić information content (AvgIpc) is 3.13. The van der Waals surface area contributed by atoms with E-state index in [1.165, 1.54) is 25.7 Å². The van der Waals surface area contributed by atoms with Crippen molar-refractivity contribution >= 4 is 0 Å². The Morgan fingerprint density at radius 1 is 0.957 bits per heavy atom. The summed E-state index contributed by atoms with van der Waals surface area (Å²) in [4.78, 5) is 0. The van der Waals surface area contributed by atoms with Crippen LogP contribution in [0.1, 0.15) is 55.8 Å². The van der Waals surface area contributed by atoms with Crippen molar-refractivity contribution in [1.29, 1.82) is 0 Å². The van der Waals surface area contributed by atoms with Gasteiger partial charge in [0.05, 0.1) is 6.10 Å². The van der Waals surface area contributed by atoms with Crippen LogP contribution in [0, 0.1) is 5.92 Å². The van der Waals surface area contributed by atoms with Gasteiger partial charge in [0.2, 0.25) is 0 Å². The van der Waals surface area contributed by atoms with Crippen molar-refractivity contribution in [1.82, 2.24) is 0 Å². The molecule has 2 aromatic carbocycles. The summed E-state index contributed by atoms with van der Waals surface area (Å²) >= 11 is 0. The number of hydrogen-bond donors (Lipinski definition) is 1. The molecule has 0 bridgehead atoms. The zero-order valence-corrected chi connectivity index (χ0v) is 13.7. The summed E-state index contributed by atoms with van der Waals surface area (Å²) in [6.07, 6.45) is 7.10. The molecule has 122 valence electrons. The molecule has 1 aliphatic carbocycles. The van der Waals surface area contributed by atoms with E-state index in [1.807, 2.05) is 42.5 Å². The van der Waals surface area contributed by atoms with Crippen molar-refractivity contribution in [3.8, 4) is 5.75 Å². The van der Waals surface area contributed by atoms with Crippen molar-refractivity contribution in [3.05, 3.63) is 65.7 Å². The molecule has 0 amide bonds. The smallest absolute Gasteiger partial charge is 0.119 e. The zero-order chi connectivity index (χ0) is 15.9. The lowest BCUT2D eigenvalue weighted by Gasteiger charge is -2.15. The third kappa shape index (κ3) is 4.84. The van der Waals surface area contributed by atoms with Crippen LogP contribution in [0.4, 0.5) is 0 Å². The highest BCUT2D eigenvalue weighted by Crippen LogP contribution is 2.31. The van der Waals surface area contributed by atoms with Crippen LogP contribution in [0.5, 0.6) is 5.75 Å². The molecule has 1 N–H and O–H groups in total. The van der Waals surface area contributed by atoms with E-state index in [2.05, 4.69) is 12.1 Å². The first kappa shape index (κ1) is 16.1. The van der Waals surface area contributed by atoms with Gasteiger partial charge in [-0.25, -0.2) is 0 Å². The standard InChI is InChI=1S/C21H26O2/c22-21(15-10-17-6-4-5-7-17)19-11-13-20(14-12-19)23-16-18-8-2-1-3-9-18/h1-3,8-9,11-14,17,21-22H,4-7,10,15-16H2. The third-order valence-electron chi connectivity index (χ3n) is 4.84. The van der Waals surface area contributed by atoms with E-state index in [-0.39, 0.29) is 6.10 Å². The van der Waals surface area contributed by atoms with Crippen LogP contribution in [-0.4, -0.2) is 5.11 Å². The quantitative estimate of drug-likeness (QED) is 0.755. The molecular weight excluding hydrogens is 284 g/mol. The lowest BCUT2D eigenvalue weighted by Crippen LogP contribution is -2.02. The highest BCUT2D eigenvalue weighted by atomic mass is 16.5. The number of ether oxygens (including phenoxy) is 1. The van der Waals surface area contributed by atoms with Gasteiger partial charge < -0.3 is 9.84 Å². The minimum atomic E-state index is -0.348. The maximum absolute atomic E-state index is 10.3. The minimum absolute atomic E-state index is 0.348. The highest BCUT2D eigenvalue weighted by Gasteiger charge is 2.17. The Kier molecular flexibility index (Phi) is 5.71. The lowest BCUT2D eigenvalue weighted by atomic mass is 9.96. The number of hydrogen-bond acceptors (Lipinski definition) is 2. The van der Waals surface area contributed by atoms with Gasteiger partial charge in [-0.3, -0.25) is 0 Å². The molecule has 0 spiro atoms. The van der Waals surface area contributed by atoms with E-state index in [0.29, 0.717) is 6.61 Å². The van der Waals surface area contributed by atoms with E-state index in [0.717, 1.165) is 35.6 Å². The maximum atomic E-state index is 10.3. The van der Waals surface area contributed by atoms with Crippen LogP contribution in [0.3, 0.4) is 0 Å². The van der Waals surface area contributed by atoms with E-state index in [9.17, 15) is 5.11 Å². The van der Waals surface area contributed by atoms with Gasteiger partial charge in [-0.05, 0) is 42.0 Å². The van der Waals surface area contributed by atoms with Gasteiger partial charge in [0.25, 0.3) is 0 Å². The van der Waals surface area contributed by atoms with E-state index >= 15 is 0 Å². The van der Waals surface area contributed by atoms with Crippen molar-refractivity contribution in [3.63, 3.8) is 0 Å². The Morgan fingerprint density at radius 2 is 1.65 bits per heavy atom. The van der Waals surface area contributed by atoms with Crippen molar-refractivity contribution in [2.75, 3.05) is 0 Å². The van der Waals surface area contributed by atoms with Crippen molar-refractivity contribution in [2.24, 2.45) is 5.92 Å². The summed E-state index contributed by atoms with van der Waals surface area (Å²) in [5.74, 6) is 1.68. The van der Waals surface area contributed by atoms with Crippen LogP contribution < -0.4 is 4.74 Å². The van der Waals surface area contributed by atoms with Gasteiger partial charge in [-0.2, -0.15) is 0 Å². The molecule has 2 nitrogen and oxygen atoms in total. The van der Waals surface area contributed by atoms with Crippen molar-refractivity contribution in [2.45, 2.75) is 51.2 Å². The minimum Gasteiger partial charge on any atom is -0.489 e. The molecule has 1 unspecified atom stereocenters. The second kappa shape index (κ2) is 8.16. The largest absolute Gasteiger partial charge is 0.489 e. The van der Waals surface area contributed by atoms with Gasteiger partial charge in [-0.15, -0.1) is 0 Å². The fourth-order valence-electron chi connectivity index (χ4n) is 3.39. The Morgan fingerprint density at radius 3 is 2.35 bits per heavy atom. The zero-order valence-electron chi connectivity index (χ0n) is 13.7. The maximum Gasteiger partial charge on any atom is 0.119 e. The number of aliphatic hydroxyl groups excluding tert-OH is 1. The predicted octanol–water partition coefficient (Wildman–Crippen LogP) is 5.27. The third-order valence-corrected chi connectivity index (χ3v) is 4.84. The Balaban J connectivity index is 1.47. The molecule has 0 radical (unpaired) electrons. The molecule has 1 fully saturated rings. The van der Waals surface area contributed by atoms with E-state index < -0.39 is 0 Å². The van der Waals surface area contributed by atoms with Gasteiger partial charge in [0.15, 0.2) is 0 Å². The summed E-state index contributed by atoms with van der Waals surface area (Å²) in [7, 11) is 0. The van der Waals surface area contributed by atoms with Gasteiger partial charge in [0.1, 0.15) is 12.4 Å². The van der Waals surface area contributed by atoms with Crippen molar-refractivity contribution < 1.29 is 9.84 Å². The second-order valence-electron chi connectivity index (χ2n) is 6.59. The fourth-order valence-corrected chi connectivity index (χ4v) is 3.39. The molecule has 23 heavy (non-hydrogen) atoms. The molecule has 2 aromatic rings. The summed E-state index contributed by atoms with van der Waals surface area (Å²) in [5.41, 5.74) is 2.16. The van der Waals surface area contributed by atoms with Gasteiger partial charge >= 0.3 is 0 Å². The summed E-state index contributed by atoms with van der Waals surface area (Å²) < 4.78 is 5.79. The fraction of sp³-hybridized carbons (Fsp3) is 0.429. The summed E-state index contributed by atoms with van der Waals surface area (Å²) in [6.45, 7) is 0.574. The first-order valence-corrected chi connectivity index (χ1v) is 8.76. The monoisotopic (exact) mass is 310 g/mol. The van der Waals surface area contributed by atoms with Crippen LogP contribution in [-0.2, 0) is 6.61 Å². The molecule has 1 aliphatic rings. The Bertz CT molecular complexity index is 571. The predicted molar refractivity (Wildman–Crippen MR) is 93.4 cm³/mol. The number of rotatable bonds is 7. The lowest BCUT2D eigenvalue weighted by molar-refractivity contribution is 0.157. The average molecular weight is 310 g/mol. The Labute approximate surface area is 139 Å². The van der Waals surface area contributed by atoms with Gasteiger partial charge in [0, 0.05) is 0 Å². The molecule has 0 saturated heterocycles. The molecule has 1 saturated carbocycles. The molecule has 0 aromatic heterocycles. The number of benzene rings is 2. The second-order valence-corrected chi connectivity index (χ2v) is 6.59. The van der Waals surface area contributed by atoms with Gasteiger partial charge in [-0.1, -0.05) is 68.1 Å².